The first-order chi connectivity index (χ1) is 8.20. The smallest absolute Gasteiger partial charge is 0.121 e. The second-order valence-electron chi connectivity index (χ2n) is 3.93. The van der Waals surface area contributed by atoms with Crippen LogP contribution in [0.2, 0.25) is 0 Å². The lowest BCUT2D eigenvalue weighted by molar-refractivity contribution is 1.25. The van der Waals surface area contributed by atoms with Crippen LogP contribution < -0.4 is 0 Å². The third kappa shape index (κ3) is 2.74. The van der Waals surface area contributed by atoms with E-state index in [-0.39, 0.29) is 0 Å². The first-order valence-corrected chi connectivity index (χ1v) is 6.20. The zero-order valence-electron chi connectivity index (χ0n) is 9.81. The van der Waals surface area contributed by atoms with Gasteiger partial charge in [0.2, 0.25) is 0 Å². The molecule has 0 spiro atoms. The van der Waals surface area contributed by atoms with Crippen molar-refractivity contribution in [1.82, 2.24) is 0 Å². The summed E-state index contributed by atoms with van der Waals surface area (Å²) in [4.78, 5) is 12.7. The molecule has 2 rings (SSSR count). The van der Waals surface area contributed by atoms with E-state index < -0.39 is 0 Å². The molecule has 0 saturated heterocycles. The highest BCUT2D eigenvalue weighted by Crippen LogP contribution is 2.36. The van der Waals surface area contributed by atoms with Crippen LogP contribution in [0, 0.1) is 18.8 Å². The van der Waals surface area contributed by atoms with E-state index in [2.05, 4.69) is 37.2 Å². The van der Waals surface area contributed by atoms with Crippen molar-refractivity contribution >= 4 is 17.4 Å². The Bertz CT molecular complexity index is 552. The molecule has 17 heavy (non-hydrogen) atoms. The van der Waals surface area contributed by atoms with Crippen LogP contribution in [-0.4, -0.2) is 0 Å². The maximum Gasteiger partial charge on any atom is 0.121 e. The second kappa shape index (κ2) is 5.15. The SMILES string of the molecule is Cc1ccc(Sc2ccccc2N=O)c(C)c1. The molecule has 86 valence electrons. The van der Waals surface area contributed by atoms with Crippen LogP contribution in [-0.2, 0) is 0 Å². The predicted molar refractivity (Wildman–Crippen MR) is 71.9 cm³/mol. The minimum Gasteiger partial charge on any atom is -0.145 e. The zero-order chi connectivity index (χ0) is 12.3. The normalized spacial score (nSPS) is 10.2. The fourth-order valence-electron chi connectivity index (χ4n) is 1.65. The van der Waals surface area contributed by atoms with E-state index in [0.717, 1.165) is 9.79 Å². The monoisotopic (exact) mass is 243 g/mol. The first kappa shape index (κ1) is 11.9. The lowest BCUT2D eigenvalue weighted by Crippen LogP contribution is -1.82. The lowest BCUT2D eigenvalue weighted by Gasteiger charge is -2.07. The van der Waals surface area contributed by atoms with Gasteiger partial charge in [0.15, 0.2) is 0 Å². The average Bonchev–Trinajstić information content (AvgIpc) is 2.33. The van der Waals surface area contributed by atoms with Crippen LogP contribution in [0.25, 0.3) is 0 Å². The summed E-state index contributed by atoms with van der Waals surface area (Å²) in [5.41, 5.74) is 2.96. The van der Waals surface area contributed by atoms with E-state index in [9.17, 15) is 4.91 Å². The number of hydrogen-bond acceptors (Lipinski definition) is 3. The summed E-state index contributed by atoms with van der Waals surface area (Å²) in [5.74, 6) is 0. The Balaban J connectivity index is 2.34. The van der Waals surface area contributed by atoms with E-state index in [1.54, 1.807) is 17.8 Å². The summed E-state index contributed by atoms with van der Waals surface area (Å²) in [5, 5.41) is 3.04. The van der Waals surface area contributed by atoms with Gasteiger partial charge in [0.05, 0.1) is 0 Å². The van der Waals surface area contributed by atoms with Crippen molar-refractivity contribution in [2.75, 3.05) is 0 Å². The molecule has 2 aromatic rings. The summed E-state index contributed by atoms with van der Waals surface area (Å²) in [7, 11) is 0. The quantitative estimate of drug-likeness (QED) is 0.721. The molecule has 0 aliphatic carbocycles. The van der Waals surface area contributed by atoms with Crippen molar-refractivity contribution in [3.63, 3.8) is 0 Å². The third-order valence-electron chi connectivity index (χ3n) is 2.51. The fourth-order valence-corrected chi connectivity index (χ4v) is 2.60. The van der Waals surface area contributed by atoms with Gasteiger partial charge in [-0.3, -0.25) is 0 Å². The maximum absolute atomic E-state index is 10.7. The number of rotatable bonds is 3. The molecule has 0 aromatic heterocycles. The Hall–Kier alpha value is -1.61. The van der Waals surface area contributed by atoms with Gasteiger partial charge in [-0.15, -0.1) is 4.91 Å². The van der Waals surface area contributed by atoms with Crippen LogP contribution in [0.15, 0.2) is 57.4 Å². The van der Waals surface area contributed by atoms with Gasteiger partial charge in [-0.1, -0.05) is 41.6 Å². The number of nitrogens with zero attached hydrogens (tertiary/aromatic N) is 1. The number of nitroso groups, excluding NO2 is 1. The molecule has 0 aliphatic heterocycles. The molecule has 0 unspecified atom stereocenters. The van der Waals surface area contributed by atoms with Gasteiger partial charge in [-0.05, 0) is 42.8 Å². The summed E-state index contributed by atoms with van der Waals surface area (Å²) >= 11 is 1.58. The van der Waals surface area contributed by atoms with E-state index in [1.165, 1.54) is 11.1 Å². The van der Waals surface area contributed by atoms with E-state index in [1.807, 2.05) is 18.2 Å². The minimum absolute atomic E-state index is 0.498. The van der Waals surface area contributed by atoms with Gasteiger partial charge in [-0.25, -0.2) is 0 Å². The molecule has 0 N–H and O–H groups in total. The molecule has 2 aromatic carbocycles. The van der Waals surface area contributed by atoms with Crippen LogP contribution >= 0.6 is 11.8 Å². The van der Waals surface area contributed by atoms with Gasteiger partial charge in [0.25, 0.3) is 0 Å². The Morgan fingerprint density at radius 3 is 2.47 bits per heavy atom. The van der Waals surface area contributed by atoms with E-state index in [0.29, 0.717) is 5.69 Å². The van der Waals surface area contributed by atoms with Crippen LogP contribution in [0.1, 0.15) is 11.1 Å². The van der Waals surface area contributed by atoms with Crippen LogP contribution in [0.4, 0.5) is 5.69 Å². The van der Waals surface area contributed by atoms with Crippen molar-refractivity contribution in [1.29, 1.82) is 0 Å². The fraction of sp³-hybridized carbons (Fsp3) is 0.143. The lowest BCUT2D eigenvalue weighted by atomic mass is 10.2. The van der Waals surface area contributed by atoms with Gasteiger partial charge < -0.3 is 0 Å². The number of benzene rings is 2. The Morgan fingerprint density at radius 1 is 1.00 bits per heavy atom. The molecule has 2 nitrogen and oxygen atoms in total. The molecule has 3 heteroatoms. The molecular weight excluding hydrogens is 230 g/mol. The molecule has 0 aliphatic rings. The van der Waals surface area contributed by atoms with Gasteiger partial charge in [0.1, 0.15) is 5.69 Å². The highest BCUT2D eigenvalue weighted by atomic mass is 32.2. The standard InChI is InChI=1S/C14H13NOS/c1-10-7-8-13(11(2)9-10)17-14-6-4-3-5-12(14)15-16/h3-9H,1-2H3. The highest BCUT2D eigenvalue weighted by Gasteiger charge is 2.06. The third-order valence-corrected chi connectivity index (χ3v) is 3.76. The van der Waals surface area contributed by atoms with Crippen molar-refractivity contribution in [3.05, 3.63) is 58.5 Å². The van der Waals surface area contributed by atoms with Crippen LogP contribution in [0.3, 0.4) is 0 Å². The molecule has 0 saturated carbocycles. The molecule has 0 atom stereocenters. The summed E-state index contributed by atoms with van der Waals surface area (Å²) in [6, 6.07) is 13.7. The van der Waals surface area contributed by atoms with Gasteiger partial charge in [-0.2, -0.15) is 0 Å². The first-order valence-electron chi connectivity index (χ1n) is 5.38. The topological polar surface area (TPSA) is 29.4 Å². The summed E-state index contributed by atoms with van der Waals surface area (Å²) in [6.45, 7) is 4.15. The van der Waals surface area contributed by atoms with Gasteiger partial charge in [0, 0.05) is 9.79 Å². The molecule has 0 amide bonds. The largest absolute Gasteiger partial charge is 0.145 e. The van der Waals surface area contributed by atoms with Crippen LogP contribution in [0.5, 0.6) is 0 Å². The Kier molecular flexibility index (Phi) is 3.59. The molecule has 0 radical (unpaired) electrons. The second-order valence-corrected chi connectivity index (χ2v) is 5.01. The molecule has 0 heterocycles. The molecular formula is C14H13NOS. The van der Waals surface area contributed by atoms with Crippen molar-refractivity contribution in [3.8, 4) is 0 Å². The number of aryl methyl sites for hydroxylation is 2. The van der Waals surface area contributed by atoms with Crippen molar-refractivity contribution < 1.29 is 0 Å². The highest BCUT2D eigenvalue weighted by molar-refractivity contribution is 7.99. The minimum atomic E-state index is 0.498. The zero-order valence-corrected chi connectivity index (χ0v) is 10.6. The summed E-state index contributed by atoms with van der Waals surface area (Å²) < 4.78 is 0. The number of hydrogen-bond donors (Lipinski definition) is 0. The van der Waals surface area contributed by atoms with Crippen molar-refractivity contribution in [2.24, 2.45) is 5.18 Å². The van der Waals surface area contributed by atoms with E-state index >= 15 is 0 Å². The average molecular weight is 243 g/mol. The predicted octanol–water partition coefficient (Wildman–Crippen LogP) is 4.85. The Labute approximate surface area is 105 Å². The van der Waals surface area contributed by atoms with Gasteiger partial charge >= 0.3 is 0 Å². The van der Waals surface area contributed by atoms with Crippen molar-refractivity contribution in [2.45, 2.75) is 23.6 Å². The molecule has 0 fully saturated rings. The molecule has 0 bridgehead atoms. The Morgan fingerprint density at radius 2 is 1.76 bits per heavy atom. The van der Waals surface area contributed by atoms with E-state index in [4.69, 9.17) is 0 Å². The summed E-state index contributed by atoms with van der Waals surface area (Å²) in [6.07, 6.45) is 0. The maximum atomic E-state index is 10.7.